The molecular formula is C50H62N5O2Si+. The Morgan fingerprint density at radius 3 is 2.05 bits per heavy atom. The van der Waals surface area contributed by atoms with E-state index >= 15 is 0 Å². The smallest absolute Gasteiger partial charge is 0.246 e. The van der Waals surface area contributed by atoms with Gasteiger partial charge in [0.05, 0.1) is 0 Å². The van der Waals surface area contributed by atoms with Gasteiger partial charge in [-0.2, -0.15) is 0 Å². The fourth-order valence-corrected chi connectivity index (χ4v) is 11.4. The molecule has 2 aliphatic rings. The first-order chi connectivity index (χ1) is 27.7. The molecule has 0 saturated carbocycles. The maximum absolute atomic E-state index is 12.2. The summed E-state index contributed by atoms with van der Waals surface area (Å²) in [6, 6.07) is 23.0. The van der Waals surface area contributed by atoms with Gasteiger partial charge in [0.2, 0.25) is 5.91 Å². The van der Waals surface area contributed by atoms with Crippen molar-refractivity contribution in [2.75, 3.05) is 52.7 Å². The Balaban J connectivity index is 1.47. The number of Topliss-reactive ketones (excluding diaryl/α,β-unsaturated/α-hetero) is 1. The number of nitrogens with zero attached hydrogens (tertiary/aromatic N) is 2. The highest BCUT2D eigenvalue weighted by molar-refractivity contribution is 6.98. The third-order valence-electron chi connectivity index (χ3n) is 11.8. The summed E-state index contributed by atoms with van der Waals surface area (Å²) in [4.78, 5) is 26.4. The van der Waals surface area contributed by atoms with Gasteiger partial charge in [-0.1, -0.05) is 68.7 Å². The molecule has 1 heterocycles. The first kappa shape index (κ1) is 42.5. The SMILES string of the molecule is C=C(C)C(=O)CCCCNCc1c2ccccc2c(CNCCCNC(=O)C(=C)C)c2ccc(C3=C4C=CC(=[N+](C)C)C=C4[Si](C)(C)c4cc(N(C)C)ccc43)cc12. The highest BCUT2D eigenvalue weighted by Crippen LogP contribution is 2.43. The molecule has 0 radical (unpaired) electrons. The van der Waals surface area contributed by atoms with E-state index in [1.165, 1.54) is 76.7 Å². The van der Waals surface area contributed by atoms with Crippen molar-refractivity contribution in [3.8, 4) is 0 Å². The largest absolute Gasteiger partial charge is 0.378 e. The molecule has 0 bridgehead atoms. The summed E-state index contributed by atoms with van der Waals surface area (Å²) in [7, 11) is 6.41. The van der Waals surface area contributed by atoms with E-state index in [9.17, 15) is 9.59 Å². The number of rotatable bonds is 17. The van der Waals surface area contributed by atoms with Crippen LogP contribution in [0.1, 0.15) is 61.8 Å². The zero-order valence-corrected chi connectivity index (χ0v) is 37.0. The van der Waals surface area contributed by atoms with Crippen LogP contribution < -0.4 is 26.0 Å². The van der Waals surface area contributed by atoms with Crippen molar-refractivity contribution in [2.24, 2.45) is 0 Å². The van der Waals surface area contributed by atoms with Gasteiger partial charge in [-0.05, 0) is 141 Å². The van der Waals surface area contributed by atoms with Crippen LogP contribution in [-0.2, 0) is 22.7 Å². The standard InChI is InChI=1S/C50H61N5O2Si/c1-33(2)46(56)18-13-14-25-51-32-45-39-17-12-11-16-38(39)44(31-52-26-15-27-53-50(57)34(3)4)40-22-19-35(28-43(40)45)49-41-23-20-36(54(5)6)29-47(41)58(9,10)48-30-37(55(7)8)21-24-42(48)49/h11-12,16-17,19-24,28-30,51-52H,1,3,13-15,18,25-27,31-32H2,2,4-10H3/p+1. The van der Waals surface area contributed by atoms with Crippen LogP contribution in [0.4, 0.5) is 5.69 Å². The molecule has 8 heteroatoms. The molecule has 0 fully saturated rings. The van der Waals surface area contributed by atoms with Crippen LogP contribution in [0.25, 0.3) is 27.1 Å². The third kappa shape index (κ3) is 8.94. The zero-order valence-electron chi connectivity index (χ0n) is 36.0. The van der Waals surface area contributed by atoms with E-state index in [2.05, 4.69) is 159 Å². The van der Waals surface area contributed by atoms with Crippen LogP contribution in [-0.4, -0.2) is 77.9 Å². The van der Waals surface area contributed by atoms with Gasteiger partial charge in [0, 0.05) is 63.6 Å². The number of hydrogen-bond acceptors (Lipinski definition) is 5. The van der Waals surface area contributed by atoms with Crippen molar-refractivity contribution in [2.45, 2.75) is 65.7 Å². The molecule has 1 aliphatic heterocycles. The van der Waals surface area contributed by atoms with Crippen LogP contribution >= 0.6 is 0 Å². The molecule has 3 N–H and O–H groups in total. The van der Waals surface area contributed by atoms with Gasteiger partial charge in [-0.25, -0.2) is 4.58 Å². The monoisotopic (exact) mass is 792 g/mol. The zero-order chi connectivity index (χ0) is 41.7. The number of ketones is 1. The Morgan fingerprint density at radius 1 is 0.759 bits per heavy atom. The maximum Gasteiger partial charge on any atom is 0.246 e. The molecule has 58 heavy (non-hydrogen) atoms. The first-order valence-corrected chi connectivity index (χ1v) is 23.7. The average molecular weight is 793 g/mol. The van der Waals surface area contributed by atoms with Crippen molar-refractivity contribution in [1.29, 1.82) is 0 Å². The van der Waals surface area contributed by atoms with E-state index in [0.717, 1.165) is 32.4 Å². The minimum absolute atomic E-state index is 0.0967. The van der Waals surface area contributed by atoms with E-state index < -0.39 is 8.07 Å². The van der Waals surface area contributed by atoms with E-state index in [1.54, 1.807) is 13.8 Å². The van der Waals surface area contributed by atoms with Crippen molar-refractivity contribution in [3.05, 3.63) is 136 Å². The average Bonchev–Trinajstić information content (AvgIpc) is 3.20. The van der Waals surface area contributed by atoms with Crippen LogP contribution in [0.5, 0.6) is 0 Å². The predicted molar refractivity (Wildman–Crippen MR) is 249 cm³/mol. The molecule has 0 aromatic heterocycles. The maximum atomic E-state index is 12.2. The molecule has 6 rings (SSSR count). The summed E-state index contributed by atoms with van der Waals surface area (Å²) in [6.45, 7) is 19.7. The van der Waals surface area contributed by atoms with Crippen molar-refractivity contribution < 1.29 is 14.2 Å². The summed E-state index contributed by atoms with van der Waals surface area (Å²) in [5.41, 5.74) is 11.3. The number of carbonyl (C=O) groups is 2. The summed E-state index contributed by atoms with van der Waals surface area (Å²) in [5, 5.41) is 18.3. The van der Waals surface area contributed by atoms with Gasteiger partial charge in [-0.15, -0.1) is 0 Å². The summed E-state index contributed by atoms with van der Waals surface area (Å²) >= 11 is 0. The number of carbonyl (C=O) groups excluding carboxylic acids is 2. The first-order valence-electron chi connectivity index (χ1n) is 20.7. The normalized spacial score (nSPS) is 14.3. The molecule has 1 amide bonds. The molecular weight excluding hydrogens is 731 g/mol. The summed E-state index contributed by atoms with van der Waals surface area (Å²) in [6.07, 6.45) is 10.2. The minimum atomic E-state index is -2.10. The molecule has 0 unspecified atom stereocenters. The van der Waals surface area contributed by atoms with Gasteiger partial charge in [0.25, 0.3) is 0 Å². The molecule has 0 atom stereocenters. The molecule has 4 aromatic rings. The van der Waals surface area contributed by atoms with E-state index in [1.807, 2.05) is 0 Å². The number of allylic oxidation sites excluding steroid dienone is 6. The van der Waals surface area contributed by atoms with Gasteiger partial charge in [0.15, 0.2) is 11.5 Å². The van der Waals surface area contributed by atoms with Crippen molar-refractivity contribution >= 4 is 63.5 Å². The van der Waals surface area contributed by atoms with Gasteiger partial charge >= 0.3 is 0 Å². The fourth-order valence-electron chi connectivity index (χ4n) is 8.33. The quantitative estimate of drug-likeness (QED) is 0.0332. The molecule has 0 saturated heterocycles. The van der Waals surface area contributed by atoms with Crippen LogP contribution in [0.15, 0.2) is 114 Å². The minimum Gasteiger partial charge on any atom is -0.378 e. The number of anilines is 1. The number of nitrogens with one attached hydrogen (secondary N) is 3. The lowest BCUT2D eigenvalue weighted by molar-refractivity contribution is -0.462. The Morgan fingerprint density at radius 2 is 1.41 bits per heavy atom. The Bertz CT molecular complexity index is 2430. The summed E-state index contributed by atoms with van der Waals surface area (Å²) in [5.74, 6) is 0.0521. The summed E-state index contributed by atoms with van der Waals surface area (Å²) < 4.78 is 2.21. The predicted octanol–water partition coefficient (Wildman–Crippen LogP) is 8.12. The van der Waals surface area contributed by atoms with Crippen molar-refractivity contribution in [1.82, 2.24) is 16.0 Å². The highest BCUT2D eigenvalue weighted by Gasteiger charge is 2.40. The second-order valence-corrected chi connectivity index (χ2v) is 21.2. The Kier molecular flexibility index (Phi) is 13.3. The Labute approximate surface area is 347 Å². The van der Waals surface area contributed by atoms with E-state index in [0.29, 0.717) is 37.2 Å². The highest BCUT2D eigenvalue weighted by atomic mass is 28.3. The van der Waals surface area contributed by atoms with Crippen LogP contribution in [0.2, 0.25) is 13.1 Å². The van der Waals surface area contributed by atoms with Gasteiger partial charge < -0.3 is 20.9 Å². The van der Waals surface area contributed by atoms with Crippen LogP contribution in [0, 0.1) is 0 Å². The fraction of sp³-hybridized carbons (Fsp3) is 0.340. The number of fused-ring (bicyclic) bond motifs is 4. The Hall–Kier alpha value is -5.15. The van der Waals surface area contributed by atoms with Crippen LogP contribution in [0.3, 0.4) is 0 Å². The molecule has 7 nitrogen and oxygen atoms in total. The molecule has 302 valence electrons. The lowest BCUT2D eigenvalue weighted by Crippen LogP contribution is -2.49. The number of unbranched alkanes of at least 4 members (excludes halogenated alkanes) is 1. The van der Waals surface area contributed by atoms with Gasteiger partial charge in [0.1, 0.15) is 22.2 Å². The molecule has 1 aliphatic carbocycles. The molecule has 4 aromatic carbocycles. The lowest BCUT2D eigenvalue weighted by Gasteiger charge is -2.38. The van der Waals surface area contributed by atoms with Crippen molar-refractivity contribution in [3.63, 3.8) is 0 Å². The number of hydrogen-bond donors (Lipinski definition) is 3. The molecule has 0 spiro atoms. The number of benzene rings is 4. The lowest BCUT2D eigenvalue weighted by atomic mass is 9.86. The van der Waals surface area contributed by atoms with E-state index in [-0.39, 0.29) is 11.7 Å². The second-order valence-electron chi connectivity index (χ2n) is 16.9. The topological polar surface area (TPSA) is 76.5 Å². The van der Waals surface area contributed by atoms with E-state index in [4.69, 9.17) is 0 Å². The van der Waals surface area contributed by atoms with Gasteiger partial charge in [-0.3, -0.25) is 9.59 Å². The second kappa shape index (κ2) is 18.2. The third-order valence-corrected chi connectivity index (χ3v) is 15.3. The number of amides is 1.